The number of hydrogen-bond donors (Lipinski definition) is 3. The summed E-state index contributed by atoms with van der Waals surface area (Å²) in [6, 6.07) is -1.57. The third-order valence-electron chi connectivity index (χ3n) is 7.71. The fourth-order valence-corrected chi connectivity index (χ4v) is 5.15. The van der Waals surface area contributed by atoms with Gasteiger partial charge >= 0.3 is 5.97 Å². The number of methoxy groups -OCH3 is 2. The first-order valence-corrected chi connectivity index (χ1v) is 13.1. The van der Waals surface area contributed by atoms with Crippen LogP contribution < -0.4 is 11.1 Å². The summed E-state index contributed by atoms with van der Waals surface area (Å²) < 4.78 is 11.3. The highest BCUT2D eigenvalue weighted by Gasteiger charge is 2.41. The number of nitrogens with zero attached hydrogens (tertiary/aromatic N) is 1. The molecule has 1 heterocycles. The van der Waals surface area contributed by atoms with Gasteiger partial charge in [-0.2, -0.15) is 0 Å². The second kappa shape index (κ2) is 14.5. The molecule has 36 heavy (non-hydrogen) atoms. The molecule has 1 aliphatic carbocycles. The molecule has 0 bridgehead atoms. The van der Waals surface area contributed by atoms with Crippen LogP contribution in [0, 0.1) is 11.8 Å². The van der Waals surface area contributed by atoms with Gasteiger partial charge in [0.2, 0.25) is 11.8 Å². The van der Waals surface area contributed by atoms with E-state index in [-0.39, 0.29) is 36.8 Å². The molecule has 9 nitrogen and oxygen atoms in total. The molecule has 7 unspecified atom stereocenters. The van der Waals surface area contributed by atoms with Gasteiger partial charge < -0.3 is 30.5 Å². The van der Waals surface area contributed by atoms with E-state index in [9.17, 15) is 19.5 Å². The average Bonchev–Trinajstić information content (AvgIpc) is 3.36. The Morgan fingerprint density at radius 1 is 1.22 bits per heavy atom. The summed E-state index contributed by atoms with van der Waals surface area (Å²) in [6.07, 6.45) is 9.57. The van der Waals surface area contributed by atoms with Gasteiger partial charge in [0.25, 0.3) is 0 Å². The summed E-state index contributed by atoms with van der Waals surface area (Å²) in [4.78, 5) is 40.0. The molecular weight excluding hydrogens is 462 g/mol. The summed E-state index contributed by atoms with van der Waals surface area (Å²) in [5, 5.41) is 12.4. The van der Waals surface area contributed by atoms with Gasteiger partial charge in [0, 0.05) is 33.2 Å². The number of amides is 2. The maximum atomic E-state index is 13.3. The number of carboxylic acid groups (broad SMARTS) is 1. The van der Waals surface area contributed by atoms with Crippen molar-refractivity contribution in [3.63, 3.8) is 0 Å². The first-order valence-electron chi connectivity index (χ1n) is 13.1. The number of allylic oxidation sites excluding steroid dienone is 3. The van der Waals surface area contributed by atoms with Gasteiger partial charge in [0.1, 0.15) is 6.04 Å². The zero-order valence-electron chi connectivity index (χ0n) is 22.4. The normalized spacial score (nSPS) is 22.8. The Labute approximate surface area is 215 Å². The second-order valence-corrected chi connectivity index (χ2v) is 10.1. The minimum absolute atomic E-state index is 0.0720. The smallest absolute Gasteiger partial charge is 0.326 e. The van der Waals surface area contributed by atoms with Gasteiger partial charge in [-0.25, -0.2) is 4.79 Å². The van der Waals surface area contributed by atoms with E-state index >= 15 is 0 Å². The van der Waals surface area contributed by atoms with Crippen LogP contribution in [-0.4, -0.2) is 78.9 Å². The monoisotopic (exact) mass is 507 g/mol. The van der Waals surface area contributed by atoms with Gasteiger partial charge in [0.05, 0.1) is 30.6 Å². The molecule has 2 rings (SSSR count). The van der Waals surface area contributed by atoms with Crippen molar-refractivity contribution < 1.29 is 29.0 Å². The van der Waals surface area contributed by atoms with Crippen LogP contribution in [0.2, 0.25) is 0 Å². The molecule has 0 spiro atoms. The largest absolute Gasteiger partial charge is 0.480 e. The lowest BCUT2D eigenvalue weighted by molar-refractivity contribution is -0.145. The van der Waals surface area contributed by atoms with E-state index in [2.05, 4.69) is 12.2 Å². The molecule has 4 N–H and O–H groups in total. The Hall–Kier alpha value is -2.23. The summed E-state index contributed by atoms with van der Waals surface area (Å²) in [5.41, 5.74) is 7.25. The van der Waals surface area contributed by atoms with E-state index in [4.69, 9.17) is 15.2 Å². The van der Waals surface area contributed by atoms with Crippen LogP contribution in [0.5, 0.6) is 0 Å². The average molecular weight is 508 g/mol. The molecule has 1 aliphatic heterocycles. The number of likely N-dealkylation sites (tertiary alicyclic amines) is 1. The molecule has 2 aliphatic rings. The maximum absolute atomic E-state index is 13.3. The topological polar surface area (TPSA) is 131 Å². The summed E-state index contributed by atoms with van der Waals surface area (Å²) in [7, 11) is 3.10. The van der Waals surface area contributed by atoms with Crippen molar-refractivity contribution in [3.8, 4) is 0 Å². The Kier molecular flexibility index (Phi) is 12.1. The van der Waals surface area contributed by atoms with Crippen molar-refractivity contribution in [1.82, 2.24) is 10.2 Å². The number of nitrogens with one attached hydrogen (secondary N) is 1. The molecule has 1 fully saturated rings. The Morgan fingerprint density at radius 2 is 1.94 bits per heavy atom. The third-order valence-corrected chi connectivity index (χ3v) is 7.71. The van der Waals surface area contributed by atoms with Crippen molar-refractivity contribution in [2.75, 3.05) is 20.8 Å². The van der Waals surface area contributed by atoms with Crippen molar-refractivity contribution in [2.45, 2.75) is 96.1 Å². The molecule has 0 saturated carbocycles. The number of carboxylic acids is 1. The summed E-state index contributed by atoms with van der Waals surface area (Å²) in [6.45, 7) is 6.40. The molecule has 1 saturated heterocycles. The van der Waals surface area contributed by atoms with Crippen LogP contribution in [-0.2, 0) is 23.9 Å². The molecule has 0 aromatic heterocycles. The molecule has 204 valence electrons. The second-order valence-electron chi connectivity index (χ2n) is 10.1. The van der Waals surface area contributed by atoms with E-state index in [1.807, 2.05) is 25.2 Å². The fraction of sp³-hybridized carbons (Fsp3) is 0.741. The van der Waals surface area contributed by atoms with Crippen molar-refractivity contribution in [2.24, 2.45) is 17.6 Å². The van der Waals surface area contributed by atoms with E-state index in [1.54, 1.807) is 18.9 Å². The van der Waals surface area contributed by atoms with Crippen LogP contribution in [0.4, 0.5) is 0 Å². The zero-order valence-corrected chi connectivity index (χ0v) is 22.4. The lowest BCUT2D eigenvalue weighted by Crippen LogP contribution is -2.53. The van der Waals surface area contributed by atoms with Crippen LogP contribution in [0.25, 0.3) is 0 Å². The predicted octanol–water partition coefficient (Wildman–Crippen LogP) is 2.64. The van der Waals surface area contributed by atoms with Crippen molar-refractivity contribution >= 4 is 17.8 Å². The number of carbonyl (C=O) groups is 3. The fourth-order valence-electron chi connectivity index (χ4n) is 5.15. The molecule has 0 radical (unpaired) electrons. The molecule has 7 atom stereocenters. The molecule has 0 aromatic rings. The number of hydrogen-bond acceptors (Lipinski definition) is 6. The first kappa shape index (κ1) is 30.0. The van der Waals surface area contributed by atoms with E-state index in [0.29, 0.717) is 13.0 Å². The van der Waals surface area contributed by atoms with E-state index in [1.165, 1.54) is 7.11 Å². The Bertz CT molecular complexity index is 813. The highest BCUT2D eigenvalue weighted by atomic mass is 16.5. The minimum Gasteiger partial charge on any atom is -0.480 e. The predicted molar refractivity (Wildman–Crippen MR) is 138 cm³/mol. The first-order chi connectivity index (χ1) is 17.1. The molecule has 9 heteroatoms. The van der Waals surface area contributed by atoms with Gasteiger partial charge in [-0.3, -0.25) is 9.59 Å². The van der Waals surface area contributed by atoms with Gasteiger partial charge in [-0.15, -0.1) is 0 Å². The molecule has 2 amide bonds. The number of rotatable bonds is 14. The highest BCUT2D eigenvalue weighted by Crippen LogP contribution is 2.28. The van der Waals surface area contributed by atoms with Crippen LogP contribution in [0.3, 0.4) is 0 Å². The Balaban J connectivity index is 2.07. The van der Waals surface area contributed by atoms with E-state index < -0.39 is 36.0 Å². The molecule has 0 aromatic carbocycles. The summed E-state index contributed by atoms with van der Waals surface area (Å²) >= 11 is 0. The minimum atomic E-state index is -1.08. The van der Waals surface area contributed by atoms with Gasteiger partial charge in [-0.1, -0.05) is 45.4 Å². The number of nitrogens with two attached hydrogens (primary N) is 1. The number of aliphatic carboxylic acids is 1. The lowest BCUT2D eigenvalue weighted by Gasteiger charge is -2.35. The van der Waals surface area contributed by atoms with Gasteiger partial charge in [-0.05, 0) is 37.2 Å². The molecular formula is C27H45N3O6. The number of carbonyl (C=O) groups excluding carboxylic acids is 2. The quantitative estimate of drug-likeness (QED) is 0.329. The lowest BCUT2D eigenvalue weighted by atomic mass is 9.92. The maximum Gasteiger partial charge on any atom is 0.326 e. The Morgan fingerprint density at radius 3 is 2.50 bits per heavy atom. The van der Waals surface area contributed by atoms with Crippen molar-refractivity contribution in [3.05, 3.63) is 23.8 Å². The highest BCUT2D eigenvalue weighted by molar-refractivity contribution is 5.85. The number of ether oxygens (including phenoxy) is 2. The standard InChI is InChI=1S/C27H45N3O6/c1-6-17(2)24(28)22(35-4)16-23(31)30-14-10-13-21(30)25(36-5)18(3)26(32)29-20(27(33)34)15-19-11-8-7-9-12-19/h8,11-12,17-18,20-22,24-25H,6-7,9-10,13-16,28H2,1-5H3,(H,29,32)(H,33,34). The zero-order chi connectivity index (χ0) is 26.8. The van der Waals surface area contributed by atoms with E-state index in [0.717, 1.165) is 31.3 Å². The van der Waals surface area contributed by atoms with Crippen molar-refractivity contribution in [1.29, 1.82) is 0 Å². The third kappa shape index (κ3) is 7.88. The SMILES string of the molecule is CCC(C)C(N)C(CC(=O)N1CCCC1C(OC)C(C)C(=O)NC(CC1=CCCC=C1)C(=O)O)OC. The van der Waals surface area contributed by atoms with Crippen LogP contribution in [0.15, 0.2) is 23.8 Å². The summed E-state index contributed by atoms with van der Waals surface area (Å²) in [5.74, 6) is -1.98. The van der Waals surface area contributed by atoms with Gasteiger partial charge in [0.15, 0.2) is 0 Å². The van der Waals surface area contributed by atoms with Crippen LogP contribution >= 0.6 is 0 Å². The van der Waals surface area contributed by atoms with Crippen LogP contribution in [0.1, 0.15) is 65.7 Å².